The lowest BCUT2D eigenvalue weighted by Crippen LogP contribution is -2.40. The maximum atomic E-state index is 14.4. The Balaban J connectivity index is 1.54. The van der Waals surface area contributed by atoms with Crippen LogP contribution in [0.2, 0.25) is 0 Å². The van der Waals surface area contributed by atoms with Gasteiger partial charge in [0.25, 0.3) is 5.56 Å². The molecular weight excluding hydrogens is 619 g/mol. The van der Waals surface area contributed by atoms with Crippen molar-refractivity contribution >= 4 is 34.2 Å². The number of halogens is 1. The molecule has 0 radical (unpaired) electrons. The van der Waals surface area contributed by atoms with Gasteiger partial charge >= 0.3 is 5.97 Å². The van der Waals surface area contributed by atoms with Gasteiger partial charge < -0.3 is 18.9 Å². The molecule has 2 heterocycles. The molecule has 6 rings (SSSR count). The fourth-order valence-electron chi connectivity index (χ4n) is 5.69. The van der Waals surface area contributed by atoms with E-state index in [0.717, 1.165) is 10.8 Å². The van der Waals surface area contributed by atoms with Gasteiger partial charge in [0.05, 0.1) is 42.2 Å². The quantitative estimate of drug-likeness (QED) is 0.170. The van der Waals surface area contributed by atoms with Crippen molar-refractivity contribution in [1.82, 2.24) is 4.57 Å². The van der Waals surface area contributed by atoms with Crippen molar-refractivity contribution in [1.29, 1.82) is 0 Å². The van der Waals surface area contributed by atoms with Crippen LogP contribution in [0, 0.1) is 5.82 Å². The van der Waals surface area contributed by atoms with Crippen LogP contribution in [0.5, 0.6) is 17.2 Å². The molecule has 0 N–H and O–H groups in total. The van der Waals surface area contributed by atoms with Crippen LogP contribution in [0.25, 0.3) is 16.8 Å². The summed E-state index contributed by atoms with van der Waals surface area (Å²) in [5.41, 5.74) is 2.10. The number of carbonyl (C=O) groups excluding carboxylic acids is 1. The van der Waals surface area contributed by atoms with E-state index in [4.69, 9.17) is 23.9 Å². The van der Waals surface area contributed by atoms with Crippen LogP contribution in [0.4, 0.5) is 4.39 Å². The van der Waals surface area contributed by atoms with Gasteiger partial charge in [0, 0.05) is 11.1 Å². The van der Waals surface area contributed by atoms with Gasteiger partial charge in [-0.2, -0.15) is 0 Å². The average Bonchev–Trinajstić information content (AvgIpc) is 3.38. The fourth-order valence-corrected chi connectivity index (χ4v) is 6.72. The zero-order chi connectivity index (χ0) is 33.1. The van der Waals surface area contributed by atoms with E-state index < -0.39 is 12.0 Å². The summed E-state index contributed by atoms with van der Waals surface area (Å²) in [5, 5.41) is 1.81. The van der Waals surface area contributed by atoms with Crippen molar-refractivity contribution in [2.75, 3.05) is 20.3 Å². The van der Waals surface area contributed by atoms with Crippen LogP contribution in [-0.2, 0) is 16.1 Å². The van der Waals surface area contributed by atoms with E-state index in [1.807, 2.05) is 43.3 Å². The Morgan fingerprint density at radius 3 is 2.49 bits per heavy atom. The molecule has 4 aromatic carbocycles. The Bertz CT molecular complexity index is 2200. The van der Waals surface area contributed by atoms with Gasteiger partial charge in [0.15, 0.2) is 16.3 Å². The second kappa shape index (κ2) is 13.6. The summed E-state index contributed by atoms with van der Waals surface area (Å²) in [6.45, 7) is 5.90. The third-order valence-electron chi connectivity index (χ3n) is 7.87. The molecule has 1 aromatic heterocycles. The Morgan fingerprint density at radius 2 is 1.72 bits per heavy atom. The van der Waals surface area contributed by atoms with Crippen molar-refractivity contribution in [3.05, 3.63) is 132 Å². The van der Waals surface area contributed by atoms with Crippen LogP contribution >= 0.6 is 11.3 Å². The topological polar surface area (TPSA) is 88.4 Å². The van der Waals surface area contributed by atoms with Crippen molar-refractivity contribution in [2.45, 2.75) is 33.4 Å². The minimum absolute atomic E-state index is 0.00876. The van der Waals surface area contributed by atoms with E-state index in [1.165, 1.54) is 22.0 Å². The monoisotopic (exact) mass is 652 g/mol. The summed E-state index contributed by atoms with van der Waals surface area (Å²) in [6, 6.07) is 22.5. The number of nitrogens with zero attached hydrogens (tertiary/aromatic N) is 2. The van der Waals surface area contributed by atoms with Gasteiger partial charge in [-0.05, 0) is 67.4 Å². The number of fused-ring (bicyclic) bond motifs is 2. The molecule has 10 heteroatoms. The van der Waals surface area contributed by atoms with E-state index in [9.17, 15) is 14.0 Å². The third-order valence-corrected chi connectivity index (χ3v) is 8.85. The SMILES string of the molecule is CCOC(=O)C1=C(C)N=c2s/c(=C\c3c(OCc4ccccc4F)ccc4ccccc34)c(=O)n2[C@H]1c1ccc(OC)c(OCC)c1. The van der Waals surface area contributed by atoms with Crippen LogP contribution in [0.15, 0.2) is 99.9 Å². The van der Waals surface area contributed by atoms with E-state index in [2.05, 4.69) is 0 Å². The molecule has 0 spiro atoms. The summed E-state index contributed by atoms with van der Waals surface area (Å²) in [7, 11) is 1.55. The molecule has 5 aromatic rings. The standard InChI is InChI=1S/C37H33FN2O6S/c1-5-44-31-19-24(16-18-30(31)43-4)34-33(36(42)45-6-2)22(3)39-37-40(34)35(41)32(47-37)20-27-26-13-9-7-11-23(26)15-17-29(27)46-21-25-12-8-10-14-28(25)38/h7-20,34H,5-6,21H2,1-4H3/b32-20-/t34-/m0/s1. The maximum Gasteiger partial charge on any atom is 0.338 e. The lowest BCUT2D eigenvalue weighted by molar-refractivity contribution is -0.139. The van der Waals surface area contributed by atoms with Crippen LogP contribution in [-0.4, -0.2) is 30.9 Å². The highest BCUT2D eigenvalue weighted by Crippen LogP contribution is 2.36. The number of esters is 1. The summed E-state index contributed by atoms with van der Waals surface area (Å²) in [6.07, 6.45) is 1.78. The minimum Gasteiger partial charge on any atom is -0.493 e. The van der Waals surface area contributed by atoms with Gasteiger partial charge in [0.1, 0.15) is 18.2 Å². The van der Waals surface area contributed by atoms with Crippen molar-refractivity contribution in [3.63, 3.8) is 0 Å². The number of allylic oxidation sites excluding steroid dienone is 1. The van der Waals surface area contributed by atoms with Crippen molar-refractivity contribution < 1.29 is 28.1 Å². The number of carbonyl (C=O) groups is 1. The molecule has 0 amide bonds. The summed E-state index contributed by atoms with van der Waals surface area (Å²) < 4.78 is 39.3. The molecule has 0 bridgehead atoms. The molecule has 47 heavy (non-hydrogen) atoms. The fraction of sp³-hybridized carbons (Fsp3) is 0.216. The van der Waals surface area contributed by atoms with E-state index in [1.54, 1.807) is 63.4 Å². The van der Waals surface area contributed by atoms with Gasteiger partial charge in [-0.1, -0.05) is 65.9 Å². The molecule has 8 nitrogen and oxygen atoms in total. The molecule has 0 saturated carbocycles. The highest BCUT2D eigenvalue weighted by Gasteiger charge is 2.34. The molecule has 0 saturated heterocycles. The molecule has 240 valence electrons. The molecule has 1 aliphatic heterocycles. The largest absolute Gasteiger partial charge is 0.493 e. The van der Waals surface area contributed by atoms with Crippen molar-refractivity contribution in [3.8, 4) is 17.2 Å². The Kier molecular flexibility index (Phi) is 9.22. The Labute approximate surface area is 274 Å². The summed E-state index contributed by atoms with van der Waals surface area (Å²) in [5.74, 6) is 0.594. The van der Waals surface area contributed by atoms with E-state index in [-0.39, 0.29) is 30.2 Å². The lowest BCUT2D eigenvalue weighted by Gasteiger charge is -2.25. The van der Waals surface area contributed by atoms with Crippen LogP contribution in [0.3, 0.4) is 0 Å². The van der Waals surface area contributed by atoms with Crippen molar-refractivity contribution in [2.24, 2.45) is 4.99 Å². The molecule has 1 atom stereocenters. The number of methoxy groups -OCH3 is 1. The Hall–Kier alpha value is -5.22. The second-order valence-electron chi connectivity index (χ2n) is 10.7. The highest BCUT2D eigenvalue weighted by atomic mass is 32.1. The van der Waals surface area contributed by atoms with Gasteiger partial charge in [-0.25, -0.2) is 14.2 Å². The highest BCUT2D eigenvalue weighted by molar-refractivity contribution is 7.07. The predicted molar refractivity (Wildman–Crippen MR) is 179 cm³/mol. The number of hydrogen-bond donors (Lipinski definition) is 0. The number of thiazole rings is 1. The van der Waals surface area contributed by atoms with Crippen LogP contribution in [0.1, 0.15) is 43.5 Å². The maximum absolute atomic E-state index is 14.4. The van der Waals surface area contributed by atoms with E-state index >= 15 is 0 Å². The predicted octanol–water partition coefficient (Wildman–Crippen LogP) is 6.08. The lowest BCUT2D eigenvalue weighted by atomic mass is 9.95. The molecule has 0 fully saturated rings. The first-order chi connectivity index (χ1) is 22.8. The van der Waals surface area contributed by atoms with Gasteiger partial charge in [-0.3, -0.25) is 9.36 Å². The zero-order valence-electron chi connectivity index (χ0n) is 26.4. The minimum atomic E-state index is -0.832. The molecule has 0 aliphatic carbocycles. The smallest absolute Gasteiger partial charge is 0.338 e. The Morgan fingerprint density at radius 1 is 0.957 bits per heavy atom. The second-order valence-corrected chi connectivity index (χ2v) is 11.7. The zero-order valence-corrected chi connectivity index (χ0v) is 27.2. The number of benzene rings is 4. The number of hydrogen-bond acceptors (Lipinski definition) is 8. The number of rotatable bonds is 10. The number of ether oxygens (including phenoxy) is 4. The average molecular weight is 653 g/mol. The first-order valence-electron chi connectivity index (χ1n) is 15.2. The summed E-state index contributed by atoms with van der Waals surface area (Å²) >= 11 is 1.21. The first kappa shape index (κ1) is 31.7. The van der Waals surface area contributed by atoms with Gasteiger partial charge in [-0.15, -0.1) is 0 Å². The summed E-state index contributed by atoms with van der Waals surface area (Å²) in [4.78, 5) is 32.9. The van der Waals surface area contributed by atoms with Crippen LogP contribution < -0.4 is 29.1 Å². The van der Waals surface area contributed by atoms with E-state index in [0.29, 0.717) is 55.6 Å². The first-order valence-corrected chi connectivity index (χ1v) is 16.0. The molecule has 1 aliphatic rings. The molecule has 0 unspecified atom stereocenters. The van der Waals surface area contributed by atoms with Gasteiger partial charge in [0.2, 0.25) is 0 Å². The molecular formula is C37H33FN2O6S. The normalized spacial score (nSPS) is 14.5. The third kappa shape index (κ3) is 6.16. The number of aromatic nitrogens is 1.